The van der Waals surface area contributed by atoms with E-state index in [-0.39, 0.29) is 29.3 Å². The van der Waals surface area contributed by atoms with E-state index < -0.39 is 40.7 Å². The summed E-state index contributed by atoms with van der Waals surface area (Å²) in [5.74, 6) is -1.93. The van der Waals surface area contributed by atoms with Gasteiger partial charge in [-0.25, -0.2) is 19.7 Å². The monoisotopic (exact) mass is 537 g/mol. The molecule has 0 bridgehead atoms. The van der Waals surface area contributed by atoms with Crippen molar-refractivity contribution in [2.24, 2.45) is 5.92 Å². The van der Waals surface area contributed by atoms with Gasteiger partial charge in [0.05, 0.1) is 11.3 Å². The summed E-state index contributed by atoms with van der Waals surface area (Å²) >= 11 is 1.68. The zero-order valence-electron chi connectivity index (χ0n) is 18.1. The first-order chi connectivity index (χ1) is 17.0. The van der Waals surface area contributed by atoms with Crippen molar-refractivity contribution in [3.63, 3.8) is 0 Å². The number of nitrogens with one attached hydrogen (secondary N) is 1. The number of carbonyl (C=O) groups excluding carboxylic acids is 1. The second-order valence-corrected chi connectivity index (χ2v) is 9.51. The number of rotatable bonds is 5. The number of aromatic carboxylic acids is 1. The fraction of sp³-hybridized carbons (Fsp3) is 0.250. The van der Waals surface area contributed by atoms with Crippen molar-refractivity contribution in [3.05, 3.63) is 51.0 Å². The van der Waals surface area contributed by atoms with Gasteiger partial charge >= 0.3 is 12.1 Å². The van der Waals surface area contributed by atoms with E-state index >= 15 is 0 Å². The molecule has 0 aliphatic carbocycles. The van der Waals surface area contributed by atoms with E-state index in [1.54, 1.807) is 17.9 Å². The molecule has 5 heterocycles. The van der Waals surface area contributed by atoms with Crippen LogP contribution in [0.1, 0.15) is 21.6 Å². The first-order valence-corrected chi connectivity index (χ1v) is 11.8. The maximum Gasteiger partial charge on any atom is 0.434 e. The van der Waals surface area contributed by atoms with Gasteiger partial charge in [0.2, 0.25) is 16.5 Å². The van der Waals surface area contributed by atoms with Crippen LogP contribution in [0.2, 0.25) is 0 Å². The first kappa shape index (κ1) is 23.8. The summed E-state index contributed by atoms with van der Waals surface area (Å²) < 4.78 is 43.5. The van der Waals surface area contributed by atoms with Crippen molar-refractivity contribution in [2.75, 3.05) is 23.3 Å². The summed E-state index contributed by atoms with van der Waals surface area (Å²) in [5, 5.41) is 13.0. The van der Waals surface area contributed by atoms with Gasteiger partial charge < -0.3 is 15.3 Å². The molecule has 0 aromatic carbocycles. The van der Waals surface area contributed by atoms with Gasteiger partial charge in [-0.1, -0.05) is 0 Å². The predicted octanol–water partition coefficient (Wildman–Crippen LogP) is 2.79. The molecule has 16 heteroatoms. The van der Waals surface area contributed by atoms with Crippen LogP contribution in [0.4, 0.5) is 24.1 Å². The molecule has 0 atom stereocenters. The average molecular weight is 538 g/mol. The van der Waals surface area contributed by atoms with Crippen molar-refractivity contribution in [1.29, 1.82) is 0 Å². The van der Waals surface area contributed by atoms with Crippen LogP contribution in [0.3, 0.4) is 0 Å². The molecule has 0 unspecified atom stereocenters. The Hall–Kier alpha value is -3.92. The fourth-order valence-corrected chi connectivity index (χ4v) is 4.94. The Bertz CT molecular complexity index is 1560. The molecule has 1 aliphatic heterocycles. The van der Waals surface area contributed by atoms with Gasteiger partial charge in [-0.15, -0.1) is 11.3 Å². The zero-order valence-corrected chi connectivity index (χ0v) is 19.7. The van der Waals surface area contributed by atoms with Crippen molar-refractivity contribution in [2.45, 2.75) is 13.1 Å². The number of fused-ring (bicyclic) bond motifs is 1. The van der Waals surface area contributed by atoms with Crippen LogP contribution in [0.15, 0.2) is 28.8 Å². The Kier molecular flexibility index (Phi) is 5.71. The number of halogens is 3. The number of nitrogens with zero attached hydrogens (tertiary/aromatic N) is 6. The van der Waals surface area contributed by atoms with E-state index in [9.17, 15) is 32.7 Å². The van der Waals surface area contributed by atoms with Gasteiger partial charge in [0.1, 0.15) is 17.7 Å². The molecule has 1 fully saturated rings. The van der Waals surface area contributed by atoms with Crippen molar-refractivity contribution in [1.82, 2.24) is 23.9 Å². The number of thiazole rings is 1. The highest BCUT2D eigenvalue weighted by Gasteiger charge is 2.36. The minimum atomic E-state index is -4.59. The molecule has 4 aromatic rings. The maximum absolute atomic E-state index is 12.8. The van der Waals surface area contributed by atoms with Crippen LogP contribution in [0.25, 0.3) is 16.2 Å². The highest BCUT2D eigenvalue weighted by atomic mass is 32.1. The number of aryl methyl sites for hydroxylation is 1. The van der Waals surface area contributed by atoms with E-state index in [1.807, 2.05) is 0 Å². The normalized spacial score (nSPS) is 14.2. The Labute approximate surface area is 207 Å². The number of hydrogen-bond acceptors (Lipinski definition) is 10. The number of carboxylic acid groups (broad SMARTS) is 1. The lowest BCUT2D eigenvalue weighted by Gasteiger charge is -2.39. The van der Waals surface area contributed by atoms with E-state index in [0.717, 1.165) is 23.1 Å². The van der Waals surface area contributed by atoms with Gasteiger partial charge in [-0.2, -0.15) is 17.5 Å². The summed E-state index contributed by atoms with van der Waals surface area (Å²) in [4.78, 5) is 50.8. The molecule has 0 spiro atoms. The lowest BCUT2D eigenvalue weighted by atomic mass is 9.99. The third kappa shape index (κ3) is 4.17. The molecule has 0 saturated carbocycles. The van der Waals surface area contributed by atoms with Crippen LogP contribution in [-0.4, -0.2) is 54.0 Å². The molecule has 11 nitrogen and oxygen atoms in total. The topological polar surface area (TPSA) is 143 Å². The van der Waals surface area contributed by atoms with E-state index in [2.05, 4.69) is 24.6 Å². The summed E-state index contributed by atoms with van der Waals surface area (Å²) in [6.07, 6.45) is -2.15. The third-order valence-electron chi connectivity index (χ3n) is 5.53. The summed E-state index contributed by atoms with van der Waals surface area (Å²) in [5.41, 5.74) is -1.52. The first-order valence-electron chi connectivity index (χ1n) is 10.2. The molecular weight excluding hydrogens is 523 g/mol. The number of pyridine rings is 2. The van der Waals surface area contributed by atoms with Crippen molar-refractivity contribution >= 4 is 56.7 Å². The van der Waals surface area contributed by atoms with Gasteiger partial charge in [0.25, 0.3) is 0 Å². The summed E-state index contributed by atoms with van der Waals surface area (Å²) in [6, 6.07) is 1.62. The van der Waals surface area contributed by atoms with Gasteiger partial charge in [0.15, 0.2) is 16.5 Å². The summed E-state index contributed by atoms with van der Waals surface area (Å²) in [6.45, 7) is 2.12. The molecule has 0 radical (unpaired) electrons. The highest BCUT2D eigenvalue weighted by Crippen LogP contribution is 2.33. The molecule has 1 amide bonds. The highest BCUT2D eigenvalue weighted by molar-refractivity contribution is 7.14. The zero-order chi connectivity index (χ0) is 25.8. The minimum Gasteiger partial charge on any atom is -0.477 e. The number of amides is 1. The number of hydrogen-bond donors (Lipinski definition) is 2. The van der Waals surface area contributed by atoms with Crippen LogP contribution >= 0.6 is 22.9 Å². The van der Waals surface area contributed by atoms with E-state index in [4.69, 9.17) is 0 Å². The Balaban J connectivity index is 1.41. The molecule has 36 heavy (non-hydrogen) atoms. The van der Waals surface area contributed by atoms with Crippen LogP contribution < -0.4 is 15.6 Å². The Morgan fingerprint density at radius 3 is 2.61 bits per heavy atom. The molecule has 2 N–H and O–H groups in total. The molecule has 186 valence electrons. The average Bonchev–Trinajstić information content (AvgIpc) is 3.44. The number of carbonyl (C=O) groups is 2. The van der Waals surface area contributed by atoms with E-state index in [1.165, 1.54) is 10.9 Å². The molecule has 1 saturated heterocycles. The minimum absolute atomic E-state index is 0.118. The Morgan fingerprint density at radius 2 is 2.00 bits per heavy atom. The Morgan fingerprint density at radius 1 is 1.25 bits per heavy atom. The SMILES string of the molecule is Cc1cc(N2CC(C(=O)Nc3nc(C(F)(F)F)cs3)C2)nc2c1c(=O)c(C(=O)O)cn2-c1ncns1. The standard InChI is InChI=1S/C20H14F3N7O4S2/c1-8-2-12(29-3-9(4-29)16(32)28-18-26-11(6-35-18)20(21,22)23)27-15-13(8)14(31)10(17(33)34)5-30(15)19-24-7-25-36-19/h2,5-7,9H,3-4H2,1H3,(H,33,34)(H,26,28,32). The maximum atomic E-state index is 12.8. The van der Waals surface area contributed by atoms with Crippen molar-refractivity contribution in [3.8, 4) is 5.13 Å². The van der Waals surface area contributed by atoms with Crippen LogP contribution in [0, 0.1) is 12.8 Å². The summed E-state index contributed by atoms with van der Waals surface area (Å²) in [7, 11) is 0. The van der Waals surface area contributed by atoms with Gasteiger partial charge in [-0.3, -0.25) is 14.2 Å². The lowest BCUT2D eigenvalue weighted by Crippen LogP contribution is -2.52. The lowest BCUT2D eigenvalue weighted by molar-refractivity contribution is -0.140. The second-order valence-electron chi connectivity index (χ2n) is 7.89. The molecular formula is C20H14F3N7O4S2. The van der Waals surface area contributed by atoms with Gasteiger partial charge in [-0.05, 0) is 18.6 Å². The van der Waals surface area contributed by atoms with Crippen LogP contribution in [0.5, 0.6) is 0 Å². The number of carboxylic acids is 1. The number of alkyl halides is 3. The molecule has 5 rings (SSSR count). The molecule has 1 aliphatic rings. The molecule has 4 aromatic heterocycles. The van der Waals surface area contributed by atoms with Crippen molar-refractivity contribution < 1.29 is 27.9 Å². The fourth-order valence-electron chi connectivity index (χ4n) is 3.71. The number of aromatic nitrogens is 5. The third-order valence-corrected chi connectivity index (χ3v) is 6.95. The van der Waals surface area contributed by atoms with Crippen LogP contribution in [-0.2, 0) is 11.0 Å². The van der Waals surface area contributed by atoms with E-state index in [0.29, 0.717) is 27.8 Å². The second kappa shape index (κ2) is 8.63. The number of anilines is 2. The van der Waals surface area contributed by atoms with Gasteiger partial charge in [0, 0.05) is 36.2 Å². The smallest absolute Gasteiger partial charge is 0.434 e. The largest absolute Gasteiger partial charge is 0.477 e. The predicted molar refractivity (Wildman–Crippen MR) is 124 cm³/mol. The quantitative estimate of drug-likeness (QED) is 0.393.